The third-order valence-corrected chi connectivity index (χ3v) is 5.44. The molecule has 0 fully saturated rings. The average molecular weight is 478 g/mol. The van der Waals surface area contributed by atoms with E-state index in [1.807, 2.05) is 48.7 Å². The molecule has 1 heterocycles. The van der Waals surface area contributed by atoms with E-state index in [2.05, 4.69) is 47.2 Å². The van der Waals surface area contributed by atoms with Crippen molar-refractivity contribution < 1.29 is 5.11 Å². The lowest BCUT2D eigenvalue weighted by atomic mass is 10.0. The zero-order chi connectivity index (χ0) is 24.8. The van der Waals surface area contributed by atoms with E-state index in [0.717, 1.165) is 71.2 Å². The molecule has 0 atom stereocenters. The van der Waals surface area contributed by atoms with E-state index in [4.69, 9.17) is 22.3 Å². The lowest BCUT2D eigenvalue weighted by molar-refractivity contribution is 0.399. The number of aliphatic hydroxyl groups is 1. The molecule has 0 saturated carbocycles. The topological polar surface area (TPSA) is 123 Å². The van der Waals surface area contributed by atoms with Crippen LogP contribution in [-0.2, 0) is 6.42 Å². The Morgan fingerprint density at radius 3 is 2.35 bits per heavy atom. The fraction of sp³-hybridized carbons (Fsp3) is 0.222. The molecule has 0 spiro atoms. The van der Waals surface area contributed by atoms with E-state index < -0.39 is 0 Å². The summed E-state index contributed by atoms with van der Waals surface area (Å²) in [4.78, 5) is 5.10. The Bertz CT molecular complexity index is 1140. The highest BCUT2D eigenvalue weighted by Gasteiger charge is 2.04. The second-order valence-electron chi connectivity index (χ2n) is 7.60. The van der Waals surface area contributed by atoms with E-state index in [-0.39, 0.29) is 0 Å². The molecule has 4 rings (SSSR count). The first kappa shape index (κ1) is 27.1. The highest BCUT2D eigenvalue weighted by molar-refractivity contribution is 7.80. The van der Waals surface area contributed by atoms with E-state index in [1.165, 1.54) is 5.56 Å². The van der Waals surface area contributed by atoms with Gasteiger partial charge in [0.25, 0.3) is 0 Å². The van der Waals surface area contributed by atoms with Crippen LogP contribution >= 0.6 is 12.6 Å². The van der Waals surface area contributed by atoms with Gasteiger partial charge in [-0.3, -0.25) is 4.98 Å². The van der Waals surface area contributed by atoms with Gasteiger partial charge < -0.3 is 27.6 Å². The molecule has 0 aliphatic rings. The maximum absolute atomic E-state index is 7.00. The van der Waals surface area contributed by atoms with Crippen molar-refractivity contribution in [2.75, 3.05) is 38.2 Å². The average Bonchev–Trinajstić information content (AvgIpc) is 2.87. The lowest BCUT2D eigenvalue weighted by Crippen LogP contribution is -2.23. The largest absolute Gasteiger partial charge is 0.400 e. The number of nitrogens with zero attached hydrogens (tertiary/aromatic N) is 1. The zero-order valence-electron chi connectivity index (χ0n) is 19.6. The Morgan fingerprint density at radius 2 is 1.65 bits per heavy atom. The summed E-state index contributed by atoms with van der Waals surface area (Å²) in [6.07, 6.45) is 5.87. The van der Waals surface area contributed by atoms with Gasteiger partial charge in [0, 0.05) is 54.2 Å². The second kappa shape index (κ2) is 14.9. The number of pyridine rings is 1. The van der Waals surface area contributed by atoms with E-state index in [0.29, 0.717) is 6.54 Å². The van der Waals surface area contributed by atoms with E-state index >= 15 is 0 Å². The lowest BCUT2D eigenvalue weighted by Gasteiger charge is -2.07. The monoisotopic (exact) mass is 477 g/mol. The number of hydrogen-bond donors (Lipinski definition) is 6. The number of fused-ring (bicyclic) bond motifs is 1. The number of thiol groups is 1. The highest BCUT2D eigenvalue weighted by atomic mass is 32.1. The molecule has 0 aliphatic carbocycles. The highest BCUT2D eigenvalue weighted by Crippen LogP contribution is 2.30. The molecule has 0 aliphatic heterocycles. The van der Waals surface area contributed by atoms with Crippen LogP contribution < -0.4 is 22.5 Å². The van der Waals surface area contributed by atoms with Gasteiger partial charge in [-0.1, -0.05) is 24.3 Å². The zero-order valence-corrected chi connectivity index (χ0v) is 20.5. The van der Waals surface area contributed by atoms with Crippen LogP contribution in [0.4, 0.5) is 11.4 Å². The molecule has 0 radical (unpaired) electrons. The quantitative estimate of drug-likeness (QED) is 0.135. The van der Waals surface area contributed by atoms with Crippen LogP contribution in [0.1, 0.15) is 12.0 Å². The van der Waals surface area contributed by atoms with Gasteiger partial charge in [0.05, 0.1) is 0 Å². The minimum atomic E-state index is 0.710. The molecule has 4 aromatic rings. The minimum absolute atomic E-state index is 0.710. The molecule has 180 valence electrons. The minimum Gasteiger partial charge on any atom is -0.400 e. The van der Waals surface area contributed by atoms with Crippen molar-refractivity contribution in [2.45, 2.75) is 17.7 Å². The molecule has 8 N–H and O–H groups in total. The number of nitrogens with two attached hydrogens (primary N) is 3. The summed E-state index contributed by atoms with van der Waals surface area (Å²) < 4.78 is 0. The first-order chi connectivity index (χ1) is 16.6. The predicted molar refractivity (Wildman–Crippen MR) is 148 cm³/mol. The van der Waals surface area contributed by atoms with Crippen molar-refractivity contribution >= 4 is 34.8 Å². The molecule has 3 aromatic carbocycles. The number of aromatic nitrogens is 1. The van der Waals surface area contributed by atoms with Gasteiger partial charge in [-0.2, -0.15) is 0 Å². The van der Waals surface area contributed by atoms with Crippen molar-refractivity contribution in [3.63, 3.8) is 0 Å². The van der Waals surface area contributed by atoms with Gasteiger partial charge in [-0.15, -0.1) is 12.6 Å². The van der Waals surface area contributed by atoms with Crippen LogP contribution in [0.5, 0.6) is 0 Å². The smallest absolute Gasteiger partial charge is 0.0346 e. The van der Waals surface area contributed by atoms with Gasteiger partial charge in [-0.25, -0.2) is 0 Å². The first-order valence-electron chi connectivity index (χ1n) is 11.2. The van der Waals surface area contributed by atoms with Crippen LogP contribution in [0.3, 0.4) is 0 Å². The summed E-state index contributed by atoms with van der Waals surface area (Å²) in [6.45, 7) is 2.64. The number of nitrogens with one attached hydrogen (secondary N) is 1. The Labute approximate surface area is 207 Å². The molecule has 6 nitrogen and oxygen atoms in total. The second-order valence-corrected chi connectivity index (χ2v) is 8.08. The standard InChI is InChI=1S/C15H12N2S.C11H19N3.CH4O/c16-13-3-1-2-10(7-13)11-6-12-9-17-5-4-14(12)15(18)8-11;12-7-9-14-8-1-2-10-3-5-11(13)6-4-10;1-2/h1-9,18H,16H2;3-6,14H,1-2,7-9,12-13H2;2H,1H3. The molecular weight excluding hydrogens is 442 g/mol. The molecule has 0 amide bonds. The number of aliphatic hydroxyl groups excluding tert-OH is 1. The van der Waals surface area contributed by atoms with Gasteiger partial charge in [-0.05, 0) is 83.9 Å². The van der Waals surface area contributed by atoms with Crippen LogP contribution in [0.15, 0.2) is 84.0 Å². The number of aryl methyl sites for hydroxylation is 1. The summed E-state index contributed by atoms with van der Waals surface area (Å²) >= 11 is 4.54. The number of nitrogen functional groups attached to an aromatic ring is 2. The maximum Gasteiger partial charge on any atom is 0.0346 e. The van der Waals surface area contributed by atoms with Crippen molar-refractivity contribution in [1.82, 2.24) is 10.3 Å². The Hall–Kier alpha value is -3.10. The van der Waals surface area contributed by atoms with Gasteiger partial charge >= 0.3 is 0 Å². The number of anilines is 2. The number of rotatable bonds is 7. The summed E-state index contributed by atoms with van der Waals surface area (Å²) in [6, 6.07) is 22.0. The Morgan fingerprint density at radius 1 is 0.882 bits per heavy atom. The van der Waals surface area contributed by atoms with E-state index in [1.54, 1.807) is 6.20 Å². The van der Waals surface area contributed by atoms with Crippen molar-refractivity contribution in [3.05, 3.63) is 84.7 Å². The Kier molecular flexibility index (Phi) is 11.9. The molecule has 0 saturated heterocycles. The van der Waals surface area contributed by atoms with Crippen LogP contribution in [0, 0.1) is 0 Å². The molecule has 34 heavy (non-hydrogen) atoms. The van der Waals surface area contributed by atoms with Crippen LogP contribution in [0.25, 0.3) is 21.9 Å². The van der Waals surface area contributed by atoms with Crippen molar-refractivity contribution in [1.29, 1.82) is 0 Å². The van der Waals surface area contributed by atoms with E-state index in [9.17, 15) is 0 Å². The van der Waals surface area contributed by atoms with Gasteiger partial charge in [0.15, 0.2) is 0 Å². The van der Waals surface area contributed by atoms with Gasteiger partial charge in [0.2, 0.25) is 0 Å². The molecule has 1 aromatic heterocycles. The fourth-order valence-electron chi connectivity index (χ4n) is 3.40. The summed E-state index contributed by atoms with van der Waals surface area (Å²) in [7, 11) is 1.00. The van der Waals surface area contributed by atoms with Crippen LogP contribution in [0.2, 0.25) is 0 Å². The molecule has 0 bridgehead atoms. The summed E-state index contributed by atoms with van der Waals surface area (Å²) in [5.74, 6) is 0. The molecule has 0 unspecified atom stereocenters. The Balaban J connectivity index is 0.000000231. The normalized spacial score (nSPS) is 10.1. The fourth-order valence-corrected chi connectivity index (χ4v) is 3.75. The maximum atomic E-state index is 7.00. The van der Waals surface area contributed by atoms with Crippen molar-refractivity contribution in [2.24, 2.45) is 5.73 Å². The number of hydrogen-bond acceptors (Lipinski definition) is 7. The summed E-state index contributed by atoms with van der Waals surface area (Å²) in [5.41, 5.74) is 21.9. The van der Waals surface area contributed by atoms with Crippen molar-refractivity contribution in [3.8, 4) is 11.1 Å². The first-order valence-corrected chi connectivity index (χ1v) is 11.6. The third-order valence-electron chi connectivity index (χ3n) is 5.07. The van der Waals surface area contributed by atoms with Gasteiger partial charge in [0.1, 0.15) is 0 Å². The predicted octanol–water partition coefficient (Wildman–Crippen LogP) is 4.13. The number of benzene rings is 3. The third kappa shape index (κ3) is 8.68. The van der Waals surface area contributed by atoms with Crippen LogP contribution in [-0.4, -0.2) is 36.8 Å². The molecular formula is C27H35N5OS. The summed E-state index contributed by atoms with van der Waals surface area (Å²) in [5, 5.41) is 12.5. The molecule has 7 heteroatoms. The SMILES string of the molecule is CO.NCCNCCCc1ccc(N)cc1.Nc1cccc(-c2cc(S)c3ccncc3c2)c1.